The Labute approximate surface area is 209 Å². The van der Waals surface area contributed by atoms with Crippen LogP contribution in [-0.2, 0) is 28.7 Å². The van der Waals surface area contributed by atoms with Crippen LogP contribution in [0.15, 0.2) is 36.4 Å². The first-order chi connectivity index (χ1) is 17.4. The lowest BCUT2D eigenvalue weighted by Crippen LogP contribution is -2.41. The zero-order valence-corrected chi connectivity index (χ0v) is 20.1. The van der Waals surface area contributed by atoms with Crippen molar-refractivity contribution in [3.8, 4) is 5.75 Å². The van der Waals surface area contributed by atoms with Gasteiger partial charge in [-0.05, 0) is 36.4 Å². The van der Waals surface area contributed by atoms with E-state index in [0.29, 0.717) is 35.9 Å². The summed E-state index contributed by atoms with van der Waals surface area (Å²) < 4.78 is 23.4. The van der Waals surface area contributed by atoms with Gasteiger partial charge in [0, 0.05) is 19.3 Å². The van der Waals surface area contributed by atoms with E-state index in [1.165, 1.54) is 19.2 Å². The summed E-state index contributed by atoms with van der Waals surface area (Å²) in [5.41, 5.74) is 0.708. The van der Waals surface area contributed by atoms with E-state index in [-0.39, 0.29) is 30.5 Å². The summed E-state index contributed by atoms with van der Waals surface area (Å²) in [5.74, 6) is -0.237. The fourth-order valence-corrected chi connectivity index (χ4v) is 3.80. The number of rotatable bonds is 7. The van der Waals surface area contributed by atoms with Gasteiger partial charge in [0.1, 0.15) is 33.3 Å². The molecule has 3 amide bonds. The van der Waals surface area contributed by atoms with E-state index >= 15 is 0 Å². The quantitative estimate of drug-likeness (QED) is 0.496. The van der Waals surface area contributed by atoms with Gasteiger partial charge in [-0.25, -0.2) is 9.86 Å². The number of hydrogen-bond acceptors (Lipinski definition) is 10. The lowest BCUT2D eigenvalue weighted by Gasteiger charge is -2.27. The van der Waals surface area contributed by atoms with Crippen molar-refractivity contribution in [3.63, 3.8) is 0 Å². The summed E-state index contributed by atoms with van der Waals surface area (Å²) in [6, 6.07) is 9.28. The zero-order valence-electron chi connectivity index (χ0n) is 19.3. The zero-order chi connectivity index (χ0) is 26.7. The third-order valence-corrected chi connectivity index (χ3v) is 5.58. The summed E-state index contributed by atoms with van der Waals surface area (Å²) in [7, 11) is 1.39. The molecule has 0 radical (unpaired) electrons. The first-order valence-electron chi connectivity index (χ1n) is 10.3. The van der Waals surface area contributed by atoms with E-state index < -0.39 is 23.2 Å². The number of carbonyl (C=O) groups excluding carboxylic acids is 5. The Balaban J connectivity index is 0.00000109. The van der Waals surface area contributed by atoms with Crippen molar-refractivity contribution in [1.82, 2.24) is 10.1 Å². The second kappa shape index (κ2) is 13.9. The van der Waals surface area contributed by atoms with Gasteiger partial charge in [0.25, 0.3) is 11.8 Å². The first-order valence-corrected chi connectivity index (χ1v) is 11.1. The molecule has 1 aromatic carbocycles. The molecule has 14 heteroatoms. The van der Waals surface area contributed by atoms with Crippen LogP contribution in [0.3, 0.4) is 0 Å². The van der Waals surface area contributed by atoms with Crippen LogP contribution >= 0.6 is 11.3 Å². The van der Waals surface area contributed by atoms with Crippen LogP contribution in [0.25, 0.3) is 0 Å². The minimum atomic E-state index is -0.694. The minimum Gasteiger partial charge on any atom is -0.439 e. The van der Waals surface area contributed by atoms with Crippen molar-refractivity contribution in [2.75, 3.05) is 44.9 Å². The molecule has 0 saturated carbocycles. The van der Waals surface area contributed by atoms with Gasteiger partial charge in [-0.15, -0.1) is 16.4 Å². The summed E-state index contributed by atoms with van der Waals surface area (Å²) >= 11 is 0.715. The third-order valence-electron chi connectivity index (χ3n) is 4.71. The number of thiophene rings is 1. The molecule has 1 aromatic heterocycles. The molecular weight excluding hydrogens is 501 g/mol. The molecule has 3 heterocycles. The van der Waals surface area contributed by atoms with Gasteiger partial charge in [-0.2, -0.15) is 4.39 Å². The van der Waals surface area contributed by atoms with E-state index in [1.807, 2.05) is 13.6 Å². The number of carbonyl (C=O) groups is 5. The van der Waals surface area contributed by atoms with Crippen LogP contribution in [0.4, 0.5) is 14.9 Å². The average molecular weight is 526 g/mol. The molecule has 2 aliphatic rings. The van der Waals surface area contributed by atoms with Crippen molar-refractivity contribution >= 4 is 48.5 Å². The molecule has 12 nitrogen and oxygen atoms in total. The molecule has 0 spiro atoms. The number of halogens is 1. The van der Waals surface area contributed by atoms with E-state index in [1.54, 1.807) is 29.2 Å². The number of cyclic esters (lactones) is 1. The third kappa shape index (κ3) is 7.31. The van der Waals surface area contributed by atoms with Gasteiger partial charge in [-0.1, -0.05) is 0 Å². The molecule has 2 saturated heterocycles. The average Bonchev–Trinajstić information content (AvgIpc) is 3.50. The normalized spacial score (nSPS) is 16.8. The van der Waals surface area contributed by atoms with Gasteiger partial charge >= 0.3 is 6.09 Å². The molecule has 36 heavy (non-hydrogen) atoms. The Hall–Kier alpha value is -3.88. The van der Waals surface area contributed by atoms with E-state index in [0.717, 1.165) is 10.1 Å². The standard InChI is InChI=1S/C20H20FN3O7S.2CH2O/c1-22(19(26)16-6-7-17(21)32-16)29-11-15-10-24(20(27)30-15)31-14-4-2-13(3-5-14)23-8-9-28-12-18(23)25;2*1-2/h2-7,15H,8-12H2,1H3;2*1H2. The highest BCUT2D eigenvalue weighted by molar-refractivity contribution is 7.12. The van der Waals surface area contributed by atoms with Crippen LogP contribution in [0.1, 0.15) is 9.67 Å². The Morgan fingerprint density at radius 3 is 2.47 bits per heavy atom. The highest BCUT2D eigenvalue weighted by Gasteiger charge is 2.34. The maximum absolute atomic E-state index is 13.1. The largest absolute Gasteiger partial charge is 0.443 e. The number of hydrogen-bond donors (Lipinski definition) is 0. The van der Waals surface area contributed by atoms with Gasteiger partial charge in [0.05, 0.1) is 11.5 Å². The summed E-state index contributed by atoms with van der Waals surface area (Å²) in [5, 5.41) is 1.54. The van der Waals surface area contributed by atoms with Crippen molar-refractivity contribution in [3.05, 3.63) is 46.4 Å². The molecule has 0 bridgehead atoms. The number of benzene rings is 1. The second-order valence-corrected chi connectivity index (χ2v) is 7.99. The van der Waals surface area contributed by atoms with Gasteiger partial charge in [0.15, 0.2) is 17.0 Å². The summed E-state index contributed by atoms with van der Waals surface area (Å²) in [6.45, 7) is 4.99. The van der Waals surface area contributed by atoms with Crippen LogP contribution in [0.2, 0.25) is 0 Å². The Morgan fingerprint density at radius 2 is 1.86 bits per heavy atom. The number of anilines is 1. The predicted octanol–water partition coefficient (Wildman–Crippen LogP) is 1.70. The number of nitrogens with zero attached hydrogens (tertiary/aromatic N) is 3. The molecule has 1 unspecified atom stereocenters. The first kappa shape index (κ1) is 28.4. The molecule has 0 aliphatic carbocycles. The molecule has 4 rings (SSSR count). The number of ether oxygens (including phenoxy) is 2. The Morgan fingerprint density at radius 1 is 1.17 bits per heavy atom. The van der Waals surface area contributed by atoms with E-state index in [4.69, 9.17) is 28.7 Å². The molecule has 2 fully saturated rings. The fraction of sp³-hybridized carbons (Fsp3) is 0.318. The number of hydroxylamine groups is 4. The topological polar surface area (TPSA) is 132 Å². The Kier molecular flexibility index (Phi) is 10.9. The SMILES string of the molecule is C=O.C=O.CN(OCC1CN(Oc2ccc(N3CCOCC3=O)cc2)C(=O)O1)C(=O)c1ccc(F)s1. The highest BCUT2D eigenvalue weighted by atomic mass is 32.1. The number of morpholine rings is 1. The van der Waals surface area contributed by atoms with Gasteiger partial charge in [-0.3, -0.25) is 14.4 Å². The molecule has 1 atom stereocenters. The predicted molar refractivity (Wildman–Crippen MR) is 124 cm³/mol. The fourth-order valence-electron chi connectivity index (χ4n) is 3.10. The maximum atomic E-state index is 13.1. The lowest BCUT2D eigenvalue weighted by atomic mass is 10.2. The van der Waals surface area contributed by atoms with Crippen molar-refractivity contribution in [2.45, 2.75) is 6.10 Å². The van der Waals surface area contributed by atoms with Gasteiger partial charge in [0.2, 0.25) is 0 Å². The lowest BCUT2D eigenvalue weighted by molar-refractivity contribution is -0.126. The van der Waals surface area contributed by atoms with Crippen LogP contribution < -0.4 is 9.74 Å². The maximum Gasteiger partial charge on any atom is 0.443 e. The van der Waals surface area contributed by atoms with Crippen molar-refractivity contribution < 1.29 is 47.5 Å². The van der Waals surface area contributed by atoms with Crippen LogP contribution in [0, 0.1) is 5.13 Å². The number of amides is 3. The molecule has 2 aliphatic heterocycles. The smallest absolute Gasteiger partial charge is 0.439 e. The van der Waals surface area contributed by atoms with Crippen LogP contribution in [-0.4, -0.2) is 87.7 Å². The van der Waals surface area contributed by atoms with E-state index in [2.05, 4.69) is 0 Å². The second-order valence-electron chi connectivity index (χ2n) is 6.95. The highest BCUT2D eigenvalue weighted by Crippen LogP contribution is 2.23. The van der Waals surface area contributed by atoms with E-state index in [9.17, 15) is 18.8 Å². The summed E-state index contributed by atoms with van der Waals surface area (Å²) in [6.07, 6.45) is -1.36. The molecule has 2 aromatic rings. The van der Waals surface area contributed by atoms with Crippen molar-refractivity contribution in [2.24, 2.45) is 0 Å². The minimum absolute atomic E-state index is 0.0479. The molecule has 0 N–H and O–H groups in total. The van der Waals surface area contributed by atoms with Crippen molar-refractivity contribution in [1.29, 1.82) is 0 Å². The summed E-state index contributed by atoms with van der Waals surface area (Å²) in [4.78, 5) is 64.9. The molecule has 194 valence electrons. The Bertz CT molecular complexity index is 1030. The van der Waals surface area contributed by atoms with Crippen LogP contribution in [0.5, 0.6) is 5.75 Å². The molecular formula is C22H24FN3O9S. The van der Waals surface area contributed by atoms with Gasteiger partial charge < -0.3 is 28.8 Å². The monoisotopic (exact) mass is 525 g/mol.